The Hall–Kier alpha value is -2.92. The number of esters is 1. The molecule has 0 amide bonds. The third-order valence-corrected chi connectivity index (χ3v) is 17.1. The van der Waals surface area contributed by atoms with Gasteiger partial charge >= 0.3 is 16.3 Å². The molecular weight excluding hydrogens is 951 g/mol. The topological polar surface area (TPSA) is 196 Å². The molecule has 2 bridgehead atoms. The minimum absolute atomic E-state index is 0.00453. The lowest BCUT2D eigenvalue weighted by molar-refractivity contribution is -0.317. The van der Waals surface area contributed by atoms with Crippen LogP contribution in [0.3, 0.4) is 0 Å². The maximum atomic E-state index is 14.4. The lowest BCUT2D eigenvalue weighted by Gasteiger charge is -2.48. The number of methoxy groups -OCH3 is 2. The van der Waals surface area contributed by atoms with Crippen LogP contribution in [0.5, 0.6) is 0 Å². The highest BCUT2D eigenvalue weighted by Crippen LogP contribution is 2.47. The number of hydrogen-bond acceptors (Lipinski definition) is 16. The predicted octanol–water partition coefficient (Wildman–Crippen LogP) is 6.32. The maximum absolute atomic E-state index is 14.4. The molecule has 17 nitrogen and oxygen atoms in total. The van der Waals surface area contributed by atoms with Crippen molar-refractivity contribution < 1.29 is 75.0 Å². The third kappa shape index (κ3) is 12.2. The summed E-state index contributed by atoms with van der Waals surface area (Å²) in [4.78, 5) is 14.4. The fourth-order valence-corrected chi connectivity index (χ4v) is 12.7. The Morgan fingerprint density at radius 3 is 2.21 bits per heavy atom. The normalized spacial score (nSPS) is 42.3. The molecule has 0 aromatic carbocycles. The molecule has 4 fully saturated rings. The Morgan fingerprint density at radius 2 is 1.56 bits per heavy atom. The molecule has 0 aromatic rings. The van der Waals surface area contributed by atoms with E-state index in [2.05, 4.69) is 46.1 Å². The van der Waals surface area contributed by atoms with Crippen LogP contribution in [0.15, 0.2) is 84.6 Å². The van der Waals surface area contributed by atoms with E-state index >= 15 is 0 Å². The van der Waals surface area contributed by atoms with Crippen LogP contribution in [0.25, 0.3) is 0 Å². The van der Waals surface area contributed by atoms with Gasteiger partial charge in [-0.05, 0) is 62.8 Å². The van der Waals surface area contributed by atoms with E-state index in [0.29, 0.717) is 30.4 Å². The molecule has 1 aliphatic carbocycles. The van der Waals surface area contributed by atoms with Crippen LogP contribution in [0.2, 0.25) is 0 Å². The zero-order chi connectivity index (χ0) is 52.3. The van der Waals surface area contributed by atoms with Gasteiger partial charge in [0.1, 0.15) is 42.0 Å². The number of rotatable bonds is 15. The van der Waals surface area contributed by atoms with Gasteiger partial charge in [-0.2, -0.15) is 12.7 Å². The number of nitrogens with zero attached hydrogens (tertiary/aromatic N) is 1. The van der Waals surface area contributed by atoms with Crippen molar-refractivity contribution in [3.63, 3.8) is 0 Å². The highest BCUT2D eigenvalue weighted by molar-refractivity contribution is 7.84. The van der Waals surface area contributed by atoms with Crippen molar-refractivity contribution in [3.8, 4) is 0 Å². The van der Waals surface area contributed by atoms with Gasteiger partial charge in [-0.3, -0.25) is 4.79 Å². The Labute approximate surface area is 427 Å². The fourth-order valence-electron chi connectivity index (χ4n) is 11.4. The number of ether oxygens (including phenoxy) is 10. The summed E-state index contributed by atoms with van der Waals surface area (Å²) in [6.45, 7) is 23.3. The molecule has 2 N–H and O–H groups in total. The van der Waals surface area contributed by atoms with Gasteiger partial charge in [0.2, 0.25) is 0 Å². The predicted molar refractivity (Wildman–Crippen MR) is 267 cm³/mol. The van der Waals surface area contributed by atoms with Crippen molar-refractivity contribution in [1.82, 2.24) is 4.31 Å². The Balaban J connectivity index is 1.12. The quantitative estimate of drug-likeness (QED) is 0.136. The van der Waals surface area contributed by atoms with E-state index in [1.165, 1.54) is 19.3 Å². The zero-order valence-corrected chi connectivity index (χ0v) is 44.6. The largest absolute Gasteiger partial charge is 0.462 e. The molecule has 1 spiro atoms. The summed E-state index contributed by atoms with van der Waals surface area (Å²) in [6.07, 6.45) is 9.44. The number of allylic oxidation sites excluding steroid dienone is 2. The number of fused-ring (bicyclic) bond motifs is 2. The van der Waals surface area contributed by atoms with E-state index in [0.717, 1.165) is 16.3 Å². The third-order valence-electron chi connectivity index (χ3n) is 15.7. The van der Waals surface area contributed by atoms with Crippen LogP contribution >= 0.6 is 0 Å². The van der Waals surface area contributed by atoms with E-state index in [1.807, 2.05) is 39.0 Å². The molecule has 1 unspecified atom stereocenters. The molecule has 7 aliphatic rings. The molecule has 0 aromatic heterocycles. The van der Waals surface area contributed by atoms with Crippen LogP contribution in [-0.2, 0) is 66.7 Å². The minimum atomic E-state index is -4.19. The first-order valence-corrected chi connectivity index (χ1v) is 27.2. The second-order valence-electron chi connectivity index (χ2n) is 20.9. The number of aliphatic hydroxyl groups is 2. The first-order chi connectivity index (χ1) is 34.2. The number of hydrogen-bond donors (Lipinski definition) is 2. The van der Waals surface area contributed by atoms with E-state index in [-0.39, 0.29) is 56.4 Å². The van der Waals surface area contributed by atoms with E-state index < -0.39 is 113 Å². The fraction of sp³-hybridized carbons (Fsp3) is 0.722. The summed E-state index contributed by atoms with van der Waals surface area (Å²) >= 11 is 0. The number of carbonyl (C=O) groups excluding carboxylic acids is 1. The highest BCUT2D eigenvalue weighted by atomic mass is 32.2. The molecule has 18 heteroatoms. The van der Waals surface area contributed by atoms with Crippen LogP contribution < -0.4 is 0 Å². The Bertz CT molecular complexity index is 2170. The zero-order valence-electron chi connectivity index (χ0n) is 43.8. The van der Waals surface area contributed by atoms with Gasteiger partial charge in [0.05, 0.1) is 49.3 Å². The van der Waals surface area contributed by atoms with Gasteiger partial charge < -0.3 is 57.6 Å². The number of carbonyl (C=O) groups is 1. The van der Waals surface area contributed by atoms with Gasteiger partial charge in [-0.25, -0.2) is 4.18 Å². The Morgan fingerprint density at radius 1 is 0.903 bits per heavy atom. The summed E-state index contributed by atoms with van der Waals surface area (Å²) in [6, 6.07) is 0. The van der Waals surface area contributed by atoms with Gasteiger partial charge in [-0.1, -0.05) is 82.7 Å². The molecule has 0 radical (unpaired) electrons. The van der Waals surface area contributed by atoms with Gasteiger partial charge in [-0.15, -0.1) is 13.2 Å². The van der Waals surface area contributed by atoms with Crippen molar-refractivity contribution >= 4 is 16.3 Å². The van der Waals surface area contributed by atoms with Crippen LogP contribution in [0, 0.1) is 23.7 Å². The monoisotopic (exact) mass is 1030 g/mol. The van der Waals surface area contributed by atoms with Crippen molar-refractivity contribution in [1.29, 1.82) is 0 Å². The molecular formula is C54H81NO16S. The summed E-state index contributed by atoms with van der Waals surface area (Å²) in [5.74, 6) is -2.74. The highest BCUT2D eigenvalue weighted by Gasteiger charge is 2.60. The van der Waals surface area contributed by atoms with E-state index in [9.17, 15) is 23.4 Å². The lowest BCUT2D eigenvalue weighted by Crippen LogP contribution is -2.58. The average molecular weight is 1030 g/mol. The molecule has 20 atom stereocenters. The summed E-state index contributed by atoms with van der Waals surface area (Å²) < 4.78 is 97.9. The second-order valence-corrected chi connectivity index (χ2v) is 22.4. The van der Waals surface area contributed by atoms with E-state index in [4.69, 9.17) is 51.6 Å². The van der Waals surface area contributed by atoms with Gasteiger partial charge in [0.25, 0.3) is 0 Å². The molecule has 6 heterocycles. The Kier molecular flexibility index (Phi) is 18.9. The van der Waals surface area contributed by atoms with Gasteiger partial charge in [0, 0.05) is 64.8 Å². The van der Waals surface area contributed by atoms with E-state index in [1.54, 1.807) is 33.1 Å². The van der Waals surface area contributed by atoms with Crippen LogP contribution in [0.1, 0.15) is 93.9 Å². The van der Waals surface area contributed by atoms with Crippen molar-refractivity contribution in [2.45, 2.75) is 191 Å². The smallest absolute Gasteiger partial charge is 0.339 e. The van der Waals surface area contributed by atoms with Crippen molar-refractivity contribution in [2.75, 3.05) is 33.9 Å². The standard InChI is InChI=1S/C54H81NO16S/c1-13-23-55(24-14-2)72(59,60)71-50-37(10)65-45(28-43(50)62-12)68-49-36(9)64-44(27-42(49)61-11)67-47-32(5)17-16-18-38-30-63-51-46(56)35(8)25-41(54(38,51)58)52(57)66-40-26-39(20-19-33(47)6)69-53(29-40)22-21-34(7)48(70-53)31(4)15-3/h13-14,16-19,21-22,25,31-32,34,36-37,39-51,56,58H,1-2,15,20,23-24,26-30H2,3-12H3/t31?,32-,34-,36-,37-,39+,40-,41-,42-,43-,44-,45-,46+,47-,48+,49-,50-,51+,53+,54+/m0/s1. The van der Waals surface area contributed by atoms with Crippen molar-refractivity contribution in [3.05, 3.63) is 84.6 Å². The molecule has 72 heavy (non-hydrogen) atoms. The summed E-state index contributed by atoms with van der Waals surface area (Å²) in [5, 5.41) is 23.8. The first-order valence-electron chi connectivity index (χ1n) is 25.8. The average Bonchev–Trinajstić information content (AvgIpc) is 3.68. The minimum Gasteiger partial charge on any atom is -0.462 e. The second kappa shape index (κ2) is 24.0. The number of aliphatic hydroxyl groups excluding tert-OH is 1. The molecule has 0 saturated carbocycles. The van der Waals surface area contributed by atoms with Crippen LogP contribution in [0.4, 0.5) is 0 Å². The first kappa shape index (κ1) is 56.8. The van der Waals surface area contributed by atoms with Crippen molar-refractivity contribution in [2.24, 2.45) is 23.7 Å². The molecule has 6 aliphatic heterocycles. The summed E-state index contributed by atoms with van der Waals surface area (Å²) in [7, 11) is -1.09. The maximum Gasteiger partial charge on any atom is 0.339 e. The molecule has 4 saturated heterocycles. The van der Waals surface area contributed by atoms with Crippen LogP contribution in [-0.4, -0.2) is 160 Å². The van der Waals surface area contributed by atoms with Gasteiger partial charge in [0.15, 0.2) is 18.4 Å². The molecule has 7 rings (SSSR count). The SMILES string of the molecule is C=CCN(CC=C)S(=O)(=O)O[C@H]1[C@H](C)O[C@@H](O[C@H]2[C@H](C)O[C@@H](O[C@@H]3C(C)=CC[C@@H]4C[C@@H](C[C@]5(C=C[C@H](C)[C@@H](C(C)CC)O5)O4)OC(=O)[C@@H]4C=C(C)[C@@H](O)[C@H]5OCC(=CC=C[C@@H]3C)[C@]54O)C[C@@H]2OC)C[C@@H]1OC. The summed E-state index contributed by atoms with van der Waals surface area (Å²) in [5.41, 5.74) is 0.0176. The molecule has 404 valence electrons. The lowest BCUT2D eigenvalue weighted by atomic mass is 9.71.